The Labute approximate surface area is 77.4 Å². The lowest BCUT2D eigenvalue weighted by molar-refractivity contribution is 1.08. The second-order valence-electron chi connectivity index (χ2n) is 3.45. The van der Waals surface area contributed by atoms with Crippen molar-refractivity contribution in [2.24, 2.45) is 4.99 Å². The van der Waals surface area contributed by atoms with E-state index in [4.69, 9.17) is 0 Å². The monoisotopic (exact) mass is 172 g/mol. The van der Waals surface area contributed by atoms with Crippen LogP contribution >= 0.6 is 0 Å². The fourth-order valence-corrected chi connectivity index (χ4v) is 1.57. The molecule has 0 N–H and O–H groups in total. The summed E-state index contributed by atoms with van der Waals surface area (Å²) in [7, 11) is 0. The number of rotatable bonds is 0. The first-order valence-corrected chi connectivity index (χ1v) is 4.32. The van der Waals surface area contributed by atoms with Gasteiger partial charge in [0.05, 0.1) is 5.70 Å². The van der Waals surface area contributed by atoms with E-state index in [1.165, 1.54) is 16.3 Å². The van der Waals surface area contributed by atoms with E-state index in [2.05, 4.69) is 30.4 Å². The van der Waals surface area contributed by atoms with Gasteiger partial charge in [-0.2, -0.15) is 0 Å². The van der Waals surface area contributed by atoms with Gasteiger partial charge < -0.3 is 0 Å². The third kappa shape index (κ3) is 1.02. The molecule has 0 amide bonds. The average molecular weight is 172 g/mol. The minimum atomic E-state index is 0.825. The van der Waals surface area contributed by atoms with E-state index in [1.807, 2.05) is 13.1 Å². The molecule has 0 aromatic carbocycles. The third-order valence-corrected chi connectivity index (χ3v) is 2.62. The molecule has 0 spiro atoms. The molecule has 2 rings (SSSR count). The van der Waals surface area contributed by atoms with E-state index in [9.17, 15) is 0 Å². The van der Waals surface area contributed by atoms with Crippen LogP contribution in [0.1, 0.15) is 18.1 Å². The Hall–Kier alpha value is -1.44. The maximum atomic E-state index is 4.29. The van der Waals surface area contributed by atoms with Gasteiger partial charge in [0.15, 0.2) is 5.49 Å². The van der Waals surface area contributed by atoms with Crippen LogP contribution < -0.4 is 10.7 Å². The lowest BCUT2D eigenvalue weighted by atomic mass is 10.1. The van der Waals surface area contributed by atoms with Crippen LogP contribution in [0.2, 0.25) is 0 Å². The van der Waals surface area contributed by atoms with E-state index < -0.39 is 0 Å². The van der Waals surface area contributed by atoms with Crippen LogP contribution in [0.3, 0.4) is 0 Å². The SMILES string of the molecule is C=C1N=c2ncc(C)c(C)c2=C1C. The van der Waals surface area contributed by atoms with Crippen LogP contribution in [0, 0.1) is 13.8 Å². The Morgan fingerprint density at radius 1 is 1.23 bits per heavy atom. The number of aryl methyl sites for hydroxylation is 1. The van der Waals surface area contributed by atoms with Gasteiger partial charge in [0.1, 0.15) is 0 Å². The molecule has 0 saturated heterocycles. The number of hydrogen-bond donors (Lipinski definition) is 0. The van der Waals surface area contributed by atoms with E-state index in [0.717, 1.165) is 16.8 Å². The predicted octanol–water partition coefficient (Wildman–Crippen LogP) is 1.02. The topological polar surface area (TPSA) is 25.2 Å². The van der Waals surface area contributed by atoms with Crippen molar-refractivity contribution in [1.29, 1.82) is 0 Å². The molecule has 2 heteroatoms. The molecule has 2 nitrogen and oxygen atoms in total. The van der Waals surface area contributed by atoms with Gasteiger partial charge in [-0.15, -0.1) is 0 Å². The Bertz CT molecular complexity index is 510. The van der Waals surface area contributed by atoms with Gasteiger partial charge in [0.2, 0.25) is 0 Å². The highest BCUT2D eigenvalue weighted by atomic mass is 14.9. The molecule has 1 aliphatic heterocycles. The van der Waals surface area contributed by atoms with Crippen LogP contribution in [0.5, 0.6) is 0 Å². The van der Waals surface area contributed by atoms with E-state index in [0.29, 0.717) is 0 Å². The molecule has 0 unspecified atom stereocenters. The molecular weight excluding hydrogens is 160 g/mol. The lowest BCUT2D eigenvalue weighted by Gasteiger charge is -1.98. The fraction of sp³-hybridized carbons (Fsp3) is 0.273. The van der Waals surface area contributed by atoms with Crippen molar-refractivity contribution in [1.82, 2.24) is 4.98 Å². The Morgan fingerprint density at radius 3 is 2.62 bits per heavy atom. The molecule has 0 fully saturated rings. The summed E-state index contributed by atoms with van der Waals surface area (Å²) in [5, 5.41) is 1.17. The number of aromatic nitrogens is 1. The summed E-state index contributed by atoms with van der Waals surface area (Å²) in [6.45, 7) is 10.1. The summed E-state index contributed by atoms with van der Waals surface area (Å²) >= 11 is 0. The normalized spacial score (nSPS) is 14.4. The van der Waals surface area contributed by atoms with Gasteiger partial charge in [-0.3, -0.25) is 0 Å². The molecule has 1 aromatic heterocycles. The molecule has 0 saturated carbocycles. The molecule has 1 aromatic rings. The minimum absolute atomic E-state index is 0.825. The van der Waals surface area contributed by atoms with Gasteiger partial charge in [0.25, 0.3) is 0 Å². The molecule has 0 bridgehead atoms. The van der Waals surface area contributed by atoms with Crippen molar-refractivity contribution >= 4 is 5.57 Å². The van der Waals surface area contributed by atoms with Crippen molar-refractivity contribution in [3.63, 3.8) is 0 Å². The first-order valence-electron chi connectivity index (χ1n) is 4.32. The number of nitrogens with zero attached hydrogens (tertiary/aromatic N) is 2. The zero-order chi connectivity index (χ0) is 9.59. The van der Waals surface area contributed by atoms with Crippen LogP contribution in [0.4, 0.5) is 0 Å². The fourth-order valence-electron chi connectivity index (χ4n) is 1.57. The number of fused-ring (bicyclic) bond motifs is 1. The van der Waals surface area contributed by atoms with Crippen LogP contribution in [0.15, 0.2) is 23.5 Å². The first kappa shape index (κ1) is 8.17. The number of allylic oxidation sites excluding steroid dienone is 1. The summed E-state index contributed by atoms with van der Waals surface area (Å²) < 4.78 is 0. The van der Waals surface area contributed by atoms with Crippen molar-refractivity contribution < 1.29 is 0 Å². The highest BCUT2D eigenvalue weighted by Crippen LogP contribution is 2.10. The van der Waals surface area contributed by atoms with Gasteiger partial charge in [-0.25, -0.2) is 9.98 Å². The Balaban J connectivity index is 3.04. The summed E-state index contributed by atoms with van der Waals surface area (Å²) in [6, 6.07) is 0. The first-order chi connectivity index (χ1) is 6.11. The summed E-state index contributed by atoms with van der Waals surface area (Å²) in [5.41, 5.74) is 5.30. The van der Waals surface area contributed by atoms with Gasteiger partial charge in [-0.05, 0) is 37.5 Å². The molecule has 2 heterocycles. The number of pyridine rings is 1. The maximum Gasteiger partial charge on any atom is 0.160 e. The second-order valence-corrected chi connectivity index (χ2v) is 3.45. The molecule has 0 radical (unpaired) electrons. The maximum absolute atomic E-state index is 4.29. The molecular formula is C11H12N2. The van der Waals surface area contributed by atoms with Crippen molar-refractivity contribution in [3.05, 3.63) is 40.3 Å². The van der Waals surface area contributed by atoms with Crippen LogP contribution in [-0.4, -0.2) is 4.98 Å². The Morgan fingerprint density at radius 2 is 1.92 bits per heavy atom. The van der Waals surface area contributed by atoms with Gasteiger partial charge in [0, 0.05) is 11.4 Å². The smallest absolute Gasteiger partial charge is 0.160 e. The number of hydrogen-bond acceptors (Lipinski definition) is 2. The van der Waals surface area contributed by atoms with Crippen molar-refractivity contribution in [2.75, 3.05) is 0 Å². The average Bonchev–Trinajstić information content (AvgIpc) is 2.37. The summed E-state index contributed by atoms with van der Waals surface area (Å²) in [4.78, 5) is 8.56. The zero-order valence-corrected chi connectivity index (χ0v) is 8.18. The quantitative estimate of drug-likeness (QED) is 0.573. The highest BCUT2D eigenvalue weighted by Gasteiger charge is 2.09. The van der Waals surface area contributed by atoms with E-state index >= 15 is 0 Å². The Kier molecular flexibility index (Phi) is 1.59. The summed E-state index contributed by atoms with van der Waals surface area (Å²) in [6.07, 6.45) is 1.86. The molecule has 1 aliphatic rings. The van der Waals surface area contributed by atoms with Crippen molar-refractivity contribution in [3.8, 4) is 0 Å². The van der Waals surface area contributed by atoms with Gasteiger partial charge in [-0.1, -0.05) is 6.58 Å². The molecule has 0 atom stereocenters. The standard InChI is InChI=1S/C11H12N2/c1-6-5-12-11-10(7(6)2)8(3)9(4)13-11/h5H,4H2,1-3H3. The highest BCUT2D eigenvalue weighted by molar-refractivity contribution is 5.63. The zero-order valence-electron chi connectivity index (χ0n) is 8.18. The third-order valence-electron chi connectivity index (χ3n) is 2.62. The van der Waals surface area contributed by atoms with Crippen LogP contribution in [-0.2, 0) is 0 Å². The van der Waals surface area contributed by atoms with E-state index in [-0.39, 0.29) is 0 Å². The van der Waals surface area contributed by atoms with Gasteiger partial charge >= 0.3 is 0 Å². The largest absolute Gasteiger partial charge is 0.236 e. The second kappa shape index (κ2) is 2.52. The lowest BCUT2D eigenvalue weighted by Crippen LogP contribution is -2.29. The van der Waals surface area contributed by atoms with Crippen LogP contribution in [0.25, 0.3) is 5.57 Å². The summed E-state index contributed by atoms with van der Waals surface area (Å²) in [5.74, 6) is 0. The predicted molar refractivity (Wildman–Crippen MR) is 52.7 cm³/mol. The van der Waals surface area contributed by atoms with E-state index in [1.54, 1.807) is 0 Å². The molecule has 66 valence electrons. The van der Waals surface area contributed by atoms with Crippen molar-refractivity contribution in [2.45, 2.75) is 20.8 Å². The molecule has 13 heavy (non-hydrogen) atoms. The minimum Gasteiger partial charge on any atom is -0.236 e. The molecule has 0 aliphatic carbocycles.